The Morgan fingerprint density at radius 3 is 2.76 bits per heavy atom. The van der Waals surface area contributed by atoms with Crippen molar-refractivity contribution in [2.45, 2.75) is 20.3 Å². The fourth-order valence-corrected chi connectivity index (χ4v) is 1.92. The van der Waals surface area contributed by atoms with Gasteiger partial charge in [-0.15, -0.1) is 0 Å². The summed E-state index contributed by atoms with van der Waals surface area (Å²) in [5.74, 6) is 0.729. The van der Waals surface area contributed by atoms with Crippen molar-refractivity contribution < 1.29 is 14.3 Å². The second kappa shape index (κ2) is 8.69. The number of benzene rings is 1. The van der Waals surface area contributed by atoms with Crippen LogP contribution in [-0.4, -0.2) is 32.9 Å². The lowest BCUT2D eigenvalue weighted by molar-refractivity contribution is 0.187. The Morgan fingerprint density at radius 2 is 2.19 bits per heavy atom. The van der Waals surface area contributed by atoms with Crippen molar-refractivity contribution in [1.82, 2.24) is 0 Å². The molecule has 1 aromatic carbocycles. The molecular formula is C15H21N3O3. The topological polar surface area (TPSA) is 74.6 Å². The fraction of sp³-hybridized carbons (Fsp3) is 0.467. The van der Waals surface area contributed by atoms with Crippen molar-refractivity contribution in [2.75, 3.05) is 37.0 Å². The summed E-state index contributed by atoms with van der Waals surface area (Å²) in [6.45, 7) is 5.81. The molecule has 0 aromatic heterocycles. The number of ether oxygens (including phenoxy) is 2. The van der Waals surface area contributed by atoms with E-state index in [0.717, 1.165) is 18.0 Å². The quantitative estimate of drug-likeness (QED) is 0.835. The van der Waals surface area contributed by atoms with Gasteiger partial charge in [0.25, 0.3) is 0 Å². The van der Waals surface area contributed by atoms with E-state index in [1.54, 1.807) is 12.1 Å². The third kappa shape index (κ3) is 4.88. The van der Waals surface area contributed by atoms with Crippen molar-refractivity contribution in [1.29, 1.82) is 5.26 Å². The molecular weight excluding hydrogens is 270 g/mol. The first-order valence-electron chi connectivity index (χ1n) is 6.89. The number of nitrogens with zero attached hydrogens (tertiary/aromatic N) is 2. The highest BCUT2D eigenvalue weighted by Crippen LogP contribution is 2.31. The molecule has 0 fully saturated rings. The van der Waals surface area contributed by atoms with Crippen LogP contribution in [0.25, 0.3) is 0 Å². The Kier molecular flexibility index (Phi) is 6.88. The van der Waals surface area contributed by atoms with E-state index in [9.17, 15) is 4.79 Å². The lowest BCUT2D eigenvalue weighted by Crippen LogP contribution is -2.24. The summed E-state index contributed by atoms with van der Waals surface area (Å²) in [4.78, 5) is 13.3. The summed E-state index contributed by atoms with van der Waals surface area (Å²) in [5, 5.41) is 11.4. The lowest BCUT2D eigenvalue weighted by Gasteiger charge is -2.25. The molecule has 21 heavy (non-hydrogen) atoms. The first kappa shape index (κ1) is 16.6. The zero-order chi connectivity index (χ0) is 15.7. The highest BCUT2D eigenvalue weighted by Gasteiger charge is 2.13. The van der Waals surface area contributed by atoms with E-state index in [0.29, 0.717) is 25.3 Å². The number of hydrogen-bond acceptors (Lipinski definition) is 5. The monoisotopic (exact) mass is 291 g/mol. The summed E-state index contributed by atoms with van der Waals surface area (Å²) in [7, 11) is 1.32. The smallest absolute Gasteiger partial charge is 0.411 e. The van der Waals surface area contributed by atoms with Gasteiger partial charge in [0.05, 0.1) is 31.9 Å². The van der Waals surface area contributed by atoms with Gasteiger partial charge in [-0.25, -0.2) is 4.79 Å². The van der Waals surface area contributed by atoms with Crippen LogP contribution in [0.15, 0.2) is 18.2 Å². The van der Waals surface area contributed by atoms with Crippen LogP contribution >= 0.6 is 0 Å². The maximum atomic E-state index is 11.3. The average Bonchev–Trinajstić information content (AvgIpc) is 2.50. The Labute approximate surface area is 125 Å². The largest absolute Gasteiger partial charge is 0.492 e. The summed E-state index contributed by atoms with van der Waals surface area (Å²) in [5.41, 5.74) is 1.47. The van der Waals surface area contributed by atoms with Gasteiger partial charge in [0.1, 0.15) is 5.75 Å². The van der Waals surface area contributed by atoms with Gasteiger partial charge in [-0.2, -0.15) is 5.26 Å². The molecule has 114 valence electrons. The molecule has 0 atom stereocenters. The highest BCUT2D eigenvalue weighted by molar-refractivity contribution is 5.86. The van der Waals surface area contributed by atoms with Gasteiger partial charge in [0.2, 0.25) is 0 Å². The van der Waals surface area contributed by atoms with E-state index in [-0.39, 0.29) is 0 Å². The maximum Gasteiger partial charge on any atom is 0.411 e. The van der Waals surface area contributed by atoms with Gasteiger partial charge >= 0.3 is 6.09 Å². The number of nitrogens with one attached hydrogen (secondary N) is 1. The molecule has 0 heterocycles. The molecule has 0 bridgehead atoms. The maximum absolute atomic E-state index is 11.3. The molecule has 0 spiro atoms. The van der Waals surface area contributed by atoms with Crippen LogP contribution in [0, 0.1) is 11.3 Å². The SMILES string of the molecule is CCOc1ccc(NC(=O)OC)cc1N(CC)CCC#N. The van der Waals surface area contributed by atoms with E-state index >= 15 is 0 Å². The summed E-state index contributed by atoms with van der Waals surface area (Å²) in [6, 6.07) is 7.52. The number of carbonyl (C=O) groups excluding carboxylic acids is 1. The standard InChI is InChI=1S/C15H21N3O3/c1-4-18(10-6-9-16)13-11-12(17-15(19)20-3)7-8-14(13)21-5-2/h7-8,11H,4-6,10H2,1-3H3,(H,17,19). The van der Waals surface area contributed by atoms with E-state index in [1.807, 2.05) is 24.8 Å². The first-order chi connectivity index (χ1) is 10.2. The summed E-state index contributed by atoms with van der Waals surface area (Å²) < 4.78 is 10.2. The van der Waals surface area contributed by atoms with Crippen LogP contribution in [-0.2, 0) is 4.74 Å². The third-order valence-corrected chi connectivity index (χ3v) is 2.91. The predicted molar refractivity (Wildman–Crippen MR) is 81.8 cm³/mol. The molecule has 1 aromatic rings. The summed E-state index contributed by atoms with van der Waals surface area (Å²) >= 11 is 0. The molecule has 1 rings (SSSR count). The number of hydrogen-bond donors (Lipinski definition) is 1. The van der Waals surface area contributed by atoms with Crippen molar-refractivity contribution in [3.05, 3.63) is 18.2 Å². The van der Waals surface area contributed by atoms with Crippen molar-refractivity contribution in [2.24, 2.45) is 0 Å². The zero-order valence-electron chi connectivity index (χ0n) is 12.7. The molecule has 6 heteroatoms. The molecule has 0 aliphatic carbocycles. The van der Waals surface area contributed by atoms with Crippen molar-refractivity contribution >= 4 is 17.5 Å². The van der Waals surface area contributed by atoms with E-state index in [4.69, 9.17) is 10.00 Å². The number of anilines is 2. The summed E-state index contributed by atoms with van der Waals surface area (Å²) in [6.07, 6.45) is -0.0983. The average molecular weight is 291 g/mol. The minimum absolute atomic E-state index is 0.425. The van der Waals surface area contributed by atoms with Gasteiger partial charge in [-0.1, -0.05) is 0 Å². The molecule has 0 unspecified atom stereocenters. The van der Waals surface area contributed by atoms with Crippen molar-refractivity contribution in [3.63, 3.8) is 0 Å². The molecule has 0 saturated carbocycles. The van der Waals surface area contributed by atoms with Crippen LogP contribution in [0.3, 0.4) is 0 Å². The third-order valence-electron chi connectivity index (χ3n) is 2.91. The van der Waals surface area contributed by atoms with Crippen LogP contribution in [0.4, 0.5) is 16.2 Å². The van der Waals surface area contributed by atoms with E-state index in [2.05, 4.69) is 16.1 Å². The van der Waals surface area contributed by atoms with Gasteiger partial charge in [-0.3, -0.25) is 5.32 Å². The number of carbonyl (C=O) groups is 1. The van der Waals surface area contributed by atoms with E-state index in [1.165, 1.54) is 7.11 Å². The Hall–Kier alpha value is -2.42. The van der Waals surface area contributed by atoms with Crippen LogP contribution in [0.5, 0.6) is 5.75 Å². The second-order valence-electron chi connectivity index (χ2n) is 4.22. The molecule has 0 radical (unpaired) electrons. The van der Waals surface area contributed by atoms with Gasteiger partial charge in [0.15, 0.2) is 0 Å². The van der Waals surface area contributed by atoms with Crippen LogP contribution in [0.1, 0.15) is 20.3 Å². The Morgan fingerprint density at radius 1 is 1.43 bits per heavy atom. The molecule has 1 amide bonds. The number of amides is 1. The fourth-order valence-electron chi connectivity index (χ4n) is 1.92. The lowest BCUT2D eigenvalue weighted by atomic mass is 10.2. The van der Waals surface area contributed by atoms with Gasteiger partial charge < -0.3 is 14.4 Å². The zero-order valence-corrected chi connectivity index (χ0v) is 12.7. The Bertz CT molecular complexity index is 511. The second-order valence-corrected chi connectivity index (χ2v) is 4.22. The normalized spacial score (nSPS) is 9.62. The number of nitriles is 1. The molecule has 1 N–H and O–H groups in total. The van der Waals surface area contributed by atoms with Crippen molar-refractivity contribution in [3.8, 4) is 11.8 Å². The highest BCUT2D eigenvalue weighted by atomic mass is 16.5. The van der Waals surface area contributed by atoms with Gasteiger partial charge in [0, 0.05) is 18.8 Å². The molecule has 6 nitrogen and oxygen atoms in total. The predicted octanol–water partition coefficient (Wildman–Crippen LogP) is 3.00. The number of methoxy groups -OCH3 is 1. The number of rotatable bonds is 7. The van der Waals surface area contributed by atoms with Crippen LogP contribution < -0.4 is 15.0 Å². The molecule has 0 aliphatic rings. The first-order valence-corrected chi connectivity index (χ1v) is 6.89. The molecule has 0 saturated heterocycles. The van der Waals surface area contributed by atoms with Crippen LogP contribution in [0.2, 0.25) is 0 Å². The molecule has 0 aliphatic heterocycles. The Balaban J connectivity index is 3.07. The van der Waals surface area contributed by atoms with E-state index < -0.39 is 6.09 Å². The minimum atomic E-state index is -0.523. The van der Waals surface area contributed by atoms with Gasteiger partial charge in [-0.05, 0) is 32.0 Å². The minimum Gasteiger partial charge on any atom is -0.492 e.